The van der Waals surface area contributed by atoms with Gasteiger partial charge >= 0.3 is 0 Å². The number of benzene rings is 1. The Balaban J connectivity index is 2.18. The summed E-state index contributed by atoms with van der Waals surface area (Å²) < 4.78 is 36.7. The van der Waals surface area contributed by atoms with Crippen LogP contribution < -0.4 is 5.32 Å². The molecule has 1 heterocycles. The maximum atomic E-state index is 13.2. The number of hydrogen-bond acceptors (Lipinski definition) is 4. The Morgan fingerprint density at radius 3 is 2.37 bits per heavy atom. The molecule has 1 aromatic carbocycles. The summed E-state index contributed by atoms with van der Waals surface area (Å²) in [5.41, 5.74) is 0.264. The molecule has 1 fully saturated rings. The first-order valence-electron chi connectivity index (χ1n) is 9.22. The first kappa shape index (κ1) is 21.3. The quantitative estimate of drug-likeness (QED) is 0.762. The molecular weight excluding hydrogens is 371 g/mol. The van der Waals surface area contributed by atoms with E-state index in [4.69, 9.17) is 0 Å². The van der Waals surface area contributed by atoms with Gasteiger partial charge in [0.15, 0.2) is 9.84 Å². The third kappa shape index (κ3) is 5.51. The van der Waals surface area contributed by atoms with Gasteiger partial charge in [-0.05, 0) is 43.0 Å². The first-order chi connectivity index (χ1) is 12.6. The van der Waals surface area contributed by atoms with Gasteiger partial charge in [0.05, 0.1) is 11.5 Å². The average Bonchev–Trinajstić information content (AvgIpc) is 2.96. The van der Waals surface area contributed by atoms with Crippen molar-refractivity contribution < 1.29 is 22.4 Å². The number of hydrogen-bond donors (Lipinski definition) is 1. The molecule has 1 saturated heterocycles. The molecule has 2 rings (SSSR count). The Morgan fingerprint density at radius 2 is 1.89 bits per heavy atom. The van der Waals surface area contributed by atoms with Crippen molar-refractivity contribution in [1.29, 1.82) is 0 Å². The van der Waals surface area contributed by atoms with Crippen LogP contribution >= 0.6 is 0 Å². The summed E-state index contributed by atoms with van der Waals surface area (Å²) in [4.78, 5) is 27.2. The van der Waals surface area contributed by atoms with Crippen LogP contribution in [0.1, 0.15) is 44.0 Å². The standard InChI is InChI=1S/C19H27FN2O4S/c1-4-10-22(16-9-11-27(25,26)12-16)19(24)17(13(2)3)21-18(23)14-5-7-15(20)8-6-14/h5-8,13,16-17H,4,9-12H2,1-3H3,(H,21,23)/t16-,17+/m1/s1. The lowest BCUT2D eigenvalue weighted by Gasteiger charge is -2.33. The number of halogens is 1. The van der Waals surface area contributed by atoms with Crippen molar-refractivity contribution in [2.24, 2.45) is 5.92 Å². The SMILES string of the molecule is CCCN(C(=O)[C@@H](NC(=O)c1ccc(F)cc1)C(C)C)[C@@H]1CCS(=O)(=O)C1. The highest BCUT2D eigenvalue weighted by molar-refractivity contribution is 7.91. The fraction of sp³-hybridized carbons (Fsp3) is 0.579. The van der Waals surface area contributed by atoms with Gasteiger partial charge in [-0.2, -0.15) is 0 Å². The van der Waals surface area contributed by atoms with Gasteiger partial charge < -0.3 is 10.2 Å². The molecule has 0 spiro atoms. The van der Waals surface area contributed by atoms with E-state index in [0.29, 0.717) is 19.4 Å². The van der Waals surface area contributed by atoms with E-state index in [0.717, 1.165) is 0 Å². The van der Waals surface area contributed by atoms with E-state index in [-0.39, 0.29) is 34.9 Å². The van der Waals surface area contributed by atoms with E-state index in [9.17, 15) is 22.4 Å². The molecule has 8 heteroatoms. The zero-order valence-corrected chi connectivity index (χ0v) is 16.8. The predicted octanol–water partition coefficient (Wildman–Crippen LogP) is 2.01. The Kier molecular flexibility index (Phi) is 6.97. The largest absolute Gasteiger partial charge is 0.340 e. The Morgan fingerprint density at radius 1 is 1.26 bits per heavy atom. The predicted molar refractivity (Wildman–Crippen MR) is 102 cm³/mol. The van der Waals surface area contributed by atoms with Crippen LogP contribution in [0, 0.1) is 11.7 Å². The maximum Gasteiger partial charge on any atom is 0.251 e. The zero-order valence-electron chi connectivity index (χ0n) is 15.9. The lowest BCUT2D eigenvalue weighted by molar-refractivity contribution is -0.136. The molecule has 1 aromatic rings. The van der Waals surface area contributed by atoms with Crippen LogP contribution in [0.25, 0.3) is 0 Å². The lowest BCUT2D eigenvalue weighted by atomic mass is 10.0. The van der Waals surface area contributed by atoms with Gasteiger partial charge in [0.1, 0.15) is 11.9 Å². The fourth-order valence-corrected chi connectivity index (χ4v) is 4.98. The van der Waals surface area contributed by atoms with Crippen LogP contribution in [-0.2, 0) is 14.6 Å². The molecule has 2 amide bonds. The third-order valence-corrected chi connectivity index (χ3v) is 6.47. The van der Waals surface area contributed by atoms with Crippen LogP contribution in [0.3, 0.4) is 0 Å². The van der Waals surface area contributed by atoms with Crippen molar-refractivity contribution in [2.45, 2.75) is 45.7 Å². The third-order valence-electron chi connectivity index (χ3n) is 4.72. The molecule has 0 saturated carbocycles. The summed E-state index contributed by atoms with van der Waals surface area (Å²) in [6.07, 6.45) is 1.11. The van der Waals surface area contributed by atoms with E-state index in [1.165, 1.54) is 24.3 Å². The molecule has 0 aliphatic carbocycles. The number of nitrogens with one attached hydrogen (secondary N) is 1. The topological polar surface area (TPSA) is 83.6 Å². The highest BCUT2D eigenvalue weighted by Crippen LogP contribution is 2.20. The first-order valence-corrected chi connectivity index (χ1v) is 11.0. The van der Waals surface area contributed by atoms with Gasteiger partial charge in [0.2, 0.25) is 5.91 Å². The molecule has 0 radical (unpaired) electrons. The monoisotopic (exact) mass is 398 g/mol. The summed E-state index contributed by atoms with van der Waals surface area (Å²) in [7, 11) is -3.13. The minimum Gasteiger partial charge on any atom is -0.340 e. The number of carbonyl (C=O) groups excluding carboxylic acids is 2. The van der Waals surface area contributed by atoms with Crippen LogP contribution in [0.2, 0.25) is 0 Å². The smallest absolute Gasteiger partial charge is 0.251 e. The van der Waals surface area contributed by atoms with Gasteiger partial charge in [0, 0.05) is 18.2 Å². The fourth-order valence-electron chi connectivity index (χ4n) is 3.25. The van der Waals surface area contributed by atoms with Crippen LogP contribution in [0.15, 0.2) is 24.3 Å². The summed E-state index contributed by atoms with van der Waals surface area (Å²) in [5.74, 6) is -1.31. The van der Waals surface area contributed by atoms with Crippen molar-refractivity contribution in [3.05, 3.63) is 35.6 Å². The molecular formula is C19H27FN2O4S. The summed E-state index contributed by atoms with van der Waals surface area (Å²) in [5, 5.41) is 2.73. The molecule has 1 aliphatic rings. The highest BCUT2D eigenvalue weighted by atomic mass is 32.2. The normalized spacial score (nSPS) is 19.7. The molecule has 150 valence electrons. The van der Waals surface area contributed by atoms with Gasteiger partial charge in [-0.25, -0.2) is 12.8 Å². The molecule has 0 unspecified atom stereocenters. The zero-order chi connectivity index (χ0) is 20.2. The number of amides is 2. The summed E-state index contributed by atoms with van der Waals surface area (Å²) >= 11 is 0. The second-order valence-electron chi connectivity index (χ2n) is 7.29. The highest BCUT2D eigenvalue weighted by Gasteiger charge is 2.37. The number of carbonyl (C=O) groups is 2. The van der Waals surface area contributed by atoms with Crippen molar-refractivity contribution >= 4 is 21.7 Å². The lowest BCUT2D eigenvalue weighted by Crippen LogP contribution is -2.54. The van der Waals surface area contributed by atoms with E-state index in [1.807, 2.05) is 20.8 Å². The number of nitrogens with zero attached hydrogens (tertiary/aromatic N) is 1. The van der Waals surface area contributed by atoms with Gasteiger partial charge in [-0.15, -0.1) is 0 Å². The summed E-state index contributed by atoms with van der Waals surface area (Å²) in [6, 6.07) is 3.96. The second-order valence-corrected chi connectivity index (χ2v) is 9.52. The number of rotatable bonds is 7. The van der Waals surface area contributed by atoms with Gasteiger partial charge in [-0.3, -0.25) is 9.59 Å². The molecule has 1 aliphatic heterocycles. The van der Waals surface area contributed by atoms with E-state index in [2.05, 4.69) is 5.32 Å². The molecule has 27 heavy (non-hydrogen) atoms. The Hall–Kier alpha value is -1.96. The van der Waals surface area contributed by atoms with Gasteiger partial charge in [-0.1, -0.05) is 20.8 Å². The molecule has 6 nitrogen and oxygen atoms in total. The maximum absolute atomic E-state index is 13.2. The van der Waals surface area contributed by atoms with Crippen molar-refractivity contribution in [1.82, 2.24) is 10.2 Å². The van der Waals surface area contributed by atoms with E-state index in [1.54, 1.807) is 4.90 Å². The van der Waals surface area contributed by atoms with E-state index >= 15 is 0 Å². The molecule has 0 aromatic heterocycles. The van der Waals surface area contributed by atoms with Crippen LogP contribution in [0.5, 0.6) is 0 Å². The second kappa shape index (κ2) is 8.82. The van der Waals surface area contributed by atoms with Crippen LogP contribution in [-0.4, -0.2) is 55.3 Å². The summed E-state index contributed by atoms with van der Waals surface area (Å²) in [6.45, 7) is 6.01. The Bertz CT molecular complexity index is 777. The van der Waals surface area contributed by atoms with Crippen molar-refractivity contribution in [3.8, 4) is 0 Å². The Labute approximate surface area is 160 Å². The van der Waals surface area contributed by atoms with E-state index < -0.39 is 27.6 Å². The average molecular weight is 399 g/mol. The number of sulfone groups is 1. The van der Waals surface area contributed by atoms with Crippen molar-refractivity contribution in [2.75, 3.05) is 18.1 Å². The minimum absolute atomic E-state index is 0.0323. The molecule has 0 bridgehead atoms. The minimum atomic E-state index is -3.13. The van der Waals surface area contributed by atoms with Gasteiger partial charge in [0.25, 0.3) is 5.91 Å². The molecule has 2 atom stereocenters. The van der Waals surface area contributed by atoms with Crippen LogP contribution in [0.4, 0.5) is 4.39 Å². The molecule has 1 N–H and O–H groups in total. The van der Waals surface area contributed by atoms with Crippen molar-refractivity contribution in [3.63, 3.8) is 0 Å².